The summed E-state index contributed by atoms with van der Waals surface area (Å²) in [4.78, 5) is 27.3. The number of rotatable bonds is 3. The molecule has 0 aromatic heterocycles. The summed E-state index contributed by atoms with van der Waals surface area (Å²) in [5.74, 6) is -0.893. The smallest absolute Gasteiger partial charge is 0.339 e. The zero-order chi connectivity index (χ0) is 17.4. The lowest BCUT2D eigenvalue weighted by atomic mass is 9.94. The van der Waals surface area contributed by atoms with Gasteiger partial charge < -0.3 is 9.80 Å². The first kappa shape index (κ1) is 16.8. The van der Waals surface area contributed by atoms with Crippen molar-refractivity contribution in [2.45, 2.75) is 30.9 Å². The fraction of sp³-hybridized carbons (Fsp3) is 0.529. The molecule has 0 unspecified atom stereocenters. The molecule has 130 valence electrons. The molecule has 0 N–H and O–H groups in total. The van der Waals surface area contributed by atoms with E-state index in [2.05, 4.69) is 0 Å². The number of nitrogens with zero attached hydrogens (tertiary/aromatic N) is 2. The summed E-state index contributed by atoms with van der Waals surface area (Å²) in [6.45, 7) is 0.894. The molecule has 1 saturated carbocycles. The van der Waals surface area contributed by atoms with Gasteiger partial charge in [-0.1, -0.05) is 30.3 Å². The normalized spacial score (nSPS) is 20.0. The molecule has 4 nitrogen and oxygen atoms in total. The molecular weight excluding hydrogens is 321 g/mol. The fourth-order valence-electron chi connectivity index (χ4n) is 3.25. The molecular formula is C17H19F3N2O2. The van der Waals surface area contributed by atoms with Crippen molar-refractivity contribution >= 4 is 11.8 Å². The second kappa shape index (κ2) is 6.11. The number of carbonyl (C=O) groups is 2. The molecule has 7 heteroatoms. The third-order valence-electron chi connectivity index (χ3n) is 4.76. The molecule has 1 saturated heterocycles. The van der Waals surface area contributed by atoms with E-state index >= 15 is 0 Å². The number of piperazine rings is 1. The Bertz CT molecular complexity index is 618. The number of carbonyl (C=O) groups excluding carboxylic acids is 2. The molecule has 2 aliphatic rings. The van der Waals surface area contributed by atoms with Crippen LogP contribution in [-0.2, 0) is 15.0 Å². The average molecular weight is 340 g/mol. The largest absolute Gasteiger partial charge is 0.397 e. The Morgan fingerprint density at radius 3 is 2.00 bits per heavy atom. The summed E-state index contributed by atoms with van der Waals surface area (Å²) >= 11 is 0. The third kappa shape index (κ3) is 3.39. The predicted octanol–water partition coefficient (Wildman–Crippen LogP) is 2.34. The van der Waals surface area contributed by atoms with Crippen molar-refractivity contribution in [2.24, 2.45) is 0 Å². The zero-order valence-electron chi connectivity index (χ0n) is 13.2. The molecule has 1 aromatic carbocycles. The Labute approximate surface area is 138 Å². The number of halogens is 3. The van der Waals surface area contributed by atoms with E-state index in [9.17, 15) is 22.8 Å². The molecule has 1 aliphatic heterocycles. The lowest BCUT2D eigenvalue weighted by molar-refractivity contribution is -0.163. The number of hydrogen-bond donors (Lipinski definition) is 0. The molecule has 0 spiro atoms. The lowest BCUT2D eigenvalue weighted by Crippen LogP contribution is -2.53. The molecule has 24 heavy (non-hydrogen) atoms. The summed E-state index contributed by atoms with van der Waals surface area (Å²) in [5, 5.41) is 0. The van der Waals surface area contributed by atoms with E-state index in [-0.39, 0.29) is 32.1 Å². The van der Waals surface area contributed by atoms with Crippen molar-refractivity contribution < 1.29 is 22.8 Å². The van der Waals surface area contributed by atoms with Crippen LogP contribution in [0, 0.1) is 0 Å². The van der Waals surface area contributed by atoms with Crippen molar-refractivity contribution in [3.05, 3.63) is 35.9 Å². The Hall–Kier alpha value is -2.05. The van der Waals surface area contributed by atoms with Crippen LogP contribution in [0.4, 0.5) is 13.2 Å². The van der Waals surface area contributed by atoms with Gasteiger partial charge in [0.2, 0.25) is 11.8 Å². The van der Waals surface area contributed by atoms with Crippen LogP contribution in [-0.4, -0.2) is 54.0 Å². The van der Waals surface area contributed by atoms with Crippen LogP contribution >= 0.6 is 0 Å². The van der Waals surface area contributed by atoms with E-state index in [1.807, 2.05) is 30.3 Å². The first-order chi connectivity index (χ1) is 11.3. The van der Waals surface area contributed by atoms with Gasteiger partial charge in [-0.15, -0.1) is 0 Å². The van der Waals surface area contributed by atoms with Crippen molar-refractivity contribution in [1.29, 1.82) is 0 Å². The maximum absolute atomic E-state index is 12.8. The third-order valence-corrected chi connectivity index (χ3v) is 4.76. The topological polar surface area (TPSA) is 40.6 Å². The molecule has 1 aromatic rings. The van der Waals surface area contributed by atoms with Gasteiger partial charge in [-0.3, -0.25) is 9.59 Å². The maximum Gasteiger partial charge on any atom is 0.397 e. The second-order valence-electron chi connectivity index (χ2n) is 6.41. The minimum absolute atomic E-state index is 0.0246. The average Bonchev–Trinajstić information content (AvgIpc) is 3.35. The van der Waals surface area contributed by atoms with Gasteiger partial charge in [-0.2, -0.15) is 13.2 Å². The van der Waals surface area contributed by atoms with Crippen LogP contribution in [0.25, 0.3) is 0 Å². The van der Waals surface area contributed by atoms with Crippen LogP contribution in [0.15, 0.2) is 30.3 Å². The highest BCUT2D eigenvalue weighted by Gasteiger charge is 2.53. The Morgan fingerprint density at radius 2 is 1.50 bits per heavy atom. The van der Waals surface area contributed by atoms with E-state index < -0.39 is 23.9 Å². The standard InChI is InChI=1S/C17H19F3N2O2/c18-17(19,20)12-14(23)21-8-10-22(11-9-21)15(24)16(6-7-16)13-4-2-1-3-5-13/h1-5H,6-12H2. The van der Waals surface area contributed by atoms with Crippen LogP contribution < -0.4 is 0 Å². The lowest BCUT2D eigenvalue weighted by Gasteiger charge is -2.37. The highest BCUT2D eigenvalue weighted by molar-refractivity contribution is 5.91. The highest BCUT2D eigenvalue weighted by atomic mass is 19.4. The van der Waals surface area contributed by atoms with Crippen LogP contribution in [0.1, 0.15) is 24.8 Å². The van der Waals surface area contributed by atoms with E-state index in [4.69, 9.17) is 0 Å². The predicted molar refractivity (Wildman–Crippen MR) is 81.2 cm³/mol. The number of hydrogen-bond acceptors (Lipinski definition) is 2. The summed E-state index contributed by atoms with van der Waals surface area (Å²) < 4.78 is 36.9. The summed E-state index contributed by atoms with van der Waals surface area (Å²) in [6.07, 6.45) is -4.34. The molecule has 0 bridgehead atoms. The van der Waals surface area contributed by atoms with E-state index in [0.717, 1.165) is 18.4 Å². The van der Waals surface area contributed by atoms with Gasteiger partial charge >= 0.3 is 6.18 Å². The molecule has 2 fully saturated rings. The first-order valence-electron chi connectivity index (χ1n) is 8.01. The van der Waals surface area contributed by atoms with Crippen molar-refractivity contribution in [2.75, 3.05) is 26.2 Å². The Kier molecular flexibility index (Phi) is 4.27. The first-order valence-corrected chi connectivity index (χ1v) is 8.01. The van der Waals surface area contributed by atoms with Crippen LogP contribution in [0.5, 0.6) is 0 Å². The zero-order valence-corrected chi connectivity index (χ0v) is 13.2. The number of amides is 2. The highest BCUT2D eigenvalue weighted by Crippen LogP contribution is 2.49. The van der Waals surface area contributed by atoms with E-state index in [0.29, 0.717) is 0 Å². The summed E-state index contributed by atoms with van der Waals surface area (Å²) in [7, 11) is 0. The van der Waals surface area contributed by atoms with Crippen LogP contribution in [0.2, 0.25) is 0 Å². The molecule has 2 amide bonds. The van der Waals surface area contributed by atoms with Gasteiger partial charge in [0.15, 0.2) is 0 Å². The Balaban J connectivity index is 1.59. The van der Waals surface area contributed by atoms with E-state index in [1.165, 1.54) is 4.90 Å². The minimum atomic E-state index is -4.49. The maximum atomic E-state index is 12.8. The number of alkyl halides is 3. The molecule has 1 heterocycles. The SMILES string of the molecule is O=C(CC(F)(F)F)N1CCN(C(=O)C2(c3ccccc3)CC2)CC1. The van der Waals surface area contributed by atoms with Gasteiger partial charge in [0.1, 0.15) is 6.42 Å². The minimum Gasteiger partial charge on any atom is -0.339 e. The van der Waals surface area contributed by atoms with Gasteiger partial charge in [0.25, 0.3) is 0 Å². The summed E-state index contributed by atoms with van der Waals surface area (Å²) in [6, 6.07) is 9.57. The van der Waals surface area contributed by atoms with Crippen molar-refractivity contribution in [3.8, 4) is 0 Å². The molecule has 1 aliphatic carbocycles. The molecule has 0 atom stereocenters. The molecule has 0 radical (unpaired) electrons. The second-order valence-corrected chi connectivity index (χ2v) is 6.41. The fourth-order valence-corrected chi connectivity index (χ4v) is 3.25. The summed E-state index contributed by atoms with van der Waals surface area (Å²) in [5.41, 5.74) is 0.518. The molecule has 3 rings (SSSR count). The van der Waals surface area contributed by atoms with Gasteiger partial charge in [0.05, 0.1) is 5.41 Å². The van der Waals surface area contributed by atoms with Crippen LogP contribution in [0.3, 0.4) is 0 Å². The van der Waals surface area contributed by atoms with Gasteiger partial charge in [-0.25, -0.2) is 0 Å². The van der Waals surface area contributed by atoms with Gasteiger partial charge in [-0.05, 0) is 18.4 Å². The van der Waals surface area contributed by atoms with Gasteiger partial charge in [0, 0.05) is 26.2 Å². The van der Waals surface area contributed by atoms with Crippen molar-refractivity contribution in [1.82, 2.24) is 9.80 Å². The van der Waals surface area contributed by atoms with E-state index in [1.54, 1.807) is 4.90 Å². The quantitative estimate of drug-likeness (QED) is 0.847. The monoisotopic (exact) mass is 340 g/mol. The van der Waals surface area contributed by atoms with Crippen molar-refractivity contribution in [3.63, 3.8) is 0 Å². The number of benzene rings is 1. The Morgan fingerprint density at radius 1 is 0.958 bits per heavy atom.